The fraction of sp³-hybridized carbons (Fsp3) is 0.467. The number of carbonyl (C=O) groups is 2. The molecule has 0 saturated carbocycles. The van der Waals surface area contributed by atoms with Crippen LogP contribution in [0.3, 0.4) is 0 Å². The van der Waals surface area contributed by atoms with Gasteiger partial charge in [-0.05, 0) is 25.0 Å². The number of hydrogen-bond acceptors (Lipinski definition) is 3. The van der Waals surface area contributed by atoms with Crippen LogP contribution in [0.15, 0.2) is 18.2 Å². The van der Waals surface area contributed by atoms with Crippen molar-refractivity contribution in [3.8, 4) is 0 Å². The summed E-state index contributed by atoms with van der Waals surface area (Å²) in [5.74, 6) is -2.11. The van der Waals surface area contributed by atoms with Crippen molar-refractivity contribution in [2.75, 3.05) is 19.8 Å². The van der Waals surface area contributed by atoms with Crippen molar-refractivity contribution in [3.05, 3.63) is 34.6 Å². The predicted molar refractivity (Wildman–Crippen MR) is 78.3 cm³/mol. The molecule has 2 rings (SSSR count). The Balaban J connectivity index is 2.16. The van der Waals surface area contributed by atoms with Crippen LogP contribution in [0.4, 0.5) is 4.39 Å². The number of hydrogen-bond donors (Lipinski definition) is 1. The normalized spacial score (nSPS) is 15.5. The smallest absolute Gasteiger partial charge is 0.323 e. The molecule has 1 amide bonds. The van der Waals surface area contributed by atoms with E-state index in [1.807, 2.05) is 0 Å². The fourth-order valence-corrected chi connectivity index (χ4v) is 2.75. The third kappa shape index (κ3) is 4.18. The molecule has 120 valence electrons. The van der Waals surface area contributed by atoms with Crippen LogP contribution in [0, 0.1) is 5.82 Å². The fourth-order valence-electron chi connectivity index (χ4n) is 2.52. The number of carboxylic acids is 1. The molecule has 1 aliphatic heterocycles. The van der Waals surface area contributed by atoms with Crippen molar-refractivity contribution in [2.45, 2.75) is 25.3 Å². The molecule has 0 bridgehead atoms. The van der Waals surface area contributed by atoms with Crippen LogP contribution < -0.4 is 0 Å². The highest BCUT2D eigenvalue weighted by atomic mass is 35.5. The Bertz CT molecular complexity index is 540. The first-order chi connectivity index (χ1) is 10.5. The van der Waals surface area contributed by atoms with Gasteiger partial charge in [-0.2, -0.15) is 0 Å². The Morgan fingerprint density at radius 1 is 1.36 bits per heavy atom. The summed E-state index contributed by atoms with van der Waals surface area (Å²) in [6.07, 6.45) is 0.893. The minimum Gasteiger partial charge on any atom is -0.480 e. The molecule has 1 N–H and O–H groups in total. The lowest BCUT2D eigenvalue weighted by atomic mass is 10.0. The molecule has 22 heavy (non-hydrogen) atoms. The zero-order chi connectivity index (χ0) is 16.1. The van der Waals surface area contributed by atoms with Crippen molar-refractivity contribution < 1.29 is 23.8 Å². The molecule has 0 radical (unpaired) electrons. The molecule has 1 saturated heterocycles. The van der Waals surface area contributed by atoms with Gasteiger partial charge in [0.15, 0.2) is 0 Å². The Labute approximate surface area is 132 Å². The van der Waals surface area contributed by atoms with Crippen LogP contribution in [0.25, 0.3) is 0 Å². The van der Waals surface area contributed by atoms with Gasteiger partial charge in [-0.15, -0.1) is 0 Å². The van der Waals surface area contributed by atoms with E-state index in [2.05, 4.69) is 0 Å². The molecular weight excluding hydrogens is 313 g/mol. The Hall–Kier alpha value is -1.66. The SMILES string of the molecule is O=C(O)CN(C(=O)Cc1c(F)cccc1Cl)C1CCOCC1. The van der Waals surface area contributed by atoms with Crippen LogP contribution >= 0.6 is 11.6 Å². The number of ether oxygens (including phenoxy) is 1. The Morgan fingerprint density at radius 3 is 2.64 bits per heavy atom. The lowest BCUT2D eigenvalue weighted by Gasteiger charge is -2.33. The van der Waals surface area contributed by atoms with Gasteiger partial charge in [-0.25, -0.2) is 4.39 Å². The maximum atomic E-state index is 13.8. The molecule has 1 aromatic rings. The van der Waals surface area contributed by atoms with Gasteiger partial charge in [0.05, 0.1) is 6.42 Å². The number of nitrogens with zero attached hydrogens (tertiary/aromatic N) is 1. The van der Waals surface area contributed by atoms with Gasteiger partial charge in [-0.3, -0.25) is 9.59 Å². The zero-order valence-electron chi connectivity index (χ0n) is 11.9. The van der Waals surface area contributed by atoms with Gasteiger partial charge in [0.1, 0.15) is 12.4 Å². The van der Waals surface area contributed by atoms with E-state index in [1.165, 1.54) is 23.1 Å². The average Bonchev–Trinajstić information content (AvgIpc) is 2.49. The molecule has 7 heteroatoms. The van der Waals surface area contributed by atoms with Crippen molar-refractivity contribution >= 4 is 23.5 Å². The van der Waals surface area contributed by atoms with E-state index >= 15 is 0 Å². The lowest BCUT2D eigenvalue weighted by Crippen LogP contribution is -2.46. The van der Waals surface area contributed by atoms with E-state index < -0.39 is 24.2 Å². The molecule has 1 fully saturated rings. The summed E-state index contributed by atoms with van der Waals surface area (Å²) in [6.45, 7) is 0.554. The Kier molecular flexibility index (Phi) is 5.74. The molecule has 0 aromatic heterocycles. The molecule has 1 aromatic carbocycles. The number of carboxylic acid groups (broad SMARTS) is 1. The first kappa shape index (κ1) is 16.7. The van der Waals surface area contributed by atoms with Crippen LogP contribution in [-0.2, 0) is 20.7 Å². The maximum Gasteiger partial charge on any atom is 0.323 e. The van der Waals surface area contributed by atoms with E-state index in [0.717, 1.165) is 0 Å². The molecule has 1 heterocycles. The second-order valence-corrected chi connectivity index (χ2v) is 5.54. The van der Waals surface area contributed by atoms with Crippen LogP contribution in [0.2, 0.25) is 5.02 Å². The summed E-state index contributed by atoms with van der Waals surface area (Å²) in [5, 5.41) is 9.18. The van der Waals surface area contributed by atoms with E-state index in [-0.39, 0.29) is 23.0 Å². The van der Waals surface area contributed by atoms with E-state index in [1.54, 1.807) is 0 Å². The van der Waals surface area contributed by atoms with Gasteiger partial charge in [0.25, 0.3) is 0 Å². The van der Waals surface area contributed by atoms with Gasteiger partial charge < -0.3 is 14.7 Å². The number of rotatable bonds is 5. The summed E-state index contributed by atoms with van der Waals surface area (Å²) in [5.41, 5.74) is 0.0941. The predicted octanol–water partition coefficient (Wildman–Crippen LogP) is 2.11. The van der Waals surface area contributed by atoms with Crippen molar-refractivity contribution in [1.82, 2.24) is 4.90 Å². The summed E-state index contributed by atoms with van der Waals surface area (Å²) in [6, 6.07) is 3.98. The van der Waals surface area contributed by atoms with E-state index in [0.29, 0.717) is 26.1 Å². The van der Waals surface area contributed by atoms with Gasteiger partial charge in [0.2, 0.25) is 5.91 Å². The molecular formula is C15H17ClFNO4. The third-order valence-corrected chi connectivity index (χ3v) is 4.00. The summed E-state index contributed by atoms with van der Waals surface area (Å²) < 4.78 is 19.0. The van der Waals surface area contributed by atoms with Crippen LogP contribution in [-0.4, -0.2) is 47.7 Å². The second-order valence-electron chi connectivity index (χ2n) is 5.14. The zero-order valence-corrected chi connectivity index (χ0v) is 12.7. The number of halogens is 2. The molecule has 5 nitrogen and oxygen atoms in total. The van der Waals surface area contributed by atoms with E-state index in [9.17, 15) is 14.0 Å². The summed E-state index contributed by atoms with van der Waals surface area (Å²) in [4.78, 5) is 24.8. The van der Waals surface area contributed by atoms with Gasteiger partial charge in [-0.1, -0.05) is 17.7 Å². The molecule has 0 atom stereocenters. The monoisotopic (exact) mass is 329 g/mol. The average molecular weight is 330 g/mol. The highest BCUT2D eigenvalue weighted by Gasteiger charge is 2.28. The summed E-state index contributed by atoms with van der Waals surface area (Å²) >= 11 is 5.92. The van der Waals surface area contributed by atoms with E-state index in [4.69, 9.17) is 21.4 Å². The molecule has 0 unspecified atom stereocenters. The standard InChI is InChI=1S/C15H17ClFNO4/c16-12-2-1-3-13(17)11(12)8-14(19)18(9-15(20)21)10-4-6-22-7-5-10/h1-3,10H,4-9H2,(H,20,21). The molecule has 1 aliphatic rings. The quantitative estimate of drug-likeness (QED) is 0.898. The largest absolute Gasteiger partial charge is 0.480 e. The van der Waals surface area contributed by atoms with Crippen molar-refractivity contribution in [2.24, 2.45) is 0 Å². The molecule has 0 aliphatic carbocycles. The summed E-state index contributed by atoms with van der Waals surface area (Å²) in [7, 11) is 0. The molecule has 0 spiro atoms. The maximum absolute atomic E-state index is 13.8. The lowest BCUT2D eigenvalue weighted by molar-refractivity contribution is -0.147. The van der Waals surface area contributed by atoms with Crippen molar-refractivity contribution in [1.29, 1.82) is 0 Å². The first-order valence-electron chi connectivity index (χ1n) is 7.01. The Morgan fingerprint density at radius 2 is 2.05 bits per heavy atom. The number of carbonyl (C=O) groups excluding carboxylic acids is 1. The third-order valence-electron chi connectivity index (χ3n) is 3.65. The topological polar surface area (TPSA) is 66.8 Å². The number of amides is 1. The number of aliphatic carboxylic acids is 1. The first-order valence-corrected chi connectivity index (χ1v) is 7.38. The highest BCUT2D eigenvalue weighted by molar-refractivity contribution is 6.31. The van der Waals surface area contributed by atoms with Gasteiger partial charge >= 0.3 is 5.97 Å². The number of benzene rings is 1. The highest BCUT2D eigenvalue weighted by Crippen LogP contribution is 2.22. The minimum atomic E-state index is -1.10. The second kappa shape index (κ2) is 7.56. The van der Waals surface area contributed by atoms with Gasteiger partial charge in [0, 0.05) is 29.8 Å². The van der Waals surface area contributed by atoms with Crippen molar-refractivity contribution in [3.63, 3.8) is 0 Å². The van der Waals surface area contributed by atoms with Crippen LogP contribution in [0.1, 0.15) is 18.4 Å². The van der Waals surface area contributed by atoms with Crippen LogP contribution in [0.5, 0.6) is 0 Å². The minimum absolute atomic E-state index is 0.0941.